The van der Waals surface area contributed by atoms with Crippen molar-refractivity contribution in [2.24, 2.45) is 5.73 Å². The van der Waals surface area contributed by atoms with Gasteiger partial charge in [0.2, 0.25) is 0 Å². The summed E-state index contributed by atoms with van der Waals surface area (Å²) in [6, 6.07) is 1.46. The summed E-state index contributed by atoms with van der Waals surface area (Å²) in [7, 11) is 0. The van der Waals surface area contributed by atoms with E-state index in [2.05, 4.69) is 0 Å². The highest BCUT2D eigenvalue weighted by atomic mass is 16.4. The third kappa shape index (κ3) is 1.82. The van der Waals surface area contributed by atoms with Gasteiger partial charge in [-0.3, -0.25) is 0 Å². The fourth-order valence-corrected chi connectivity index (χ4v) is 0.305. The van der Waals surface area contributed by atoms with Crippen LogP contribution in [-0.2, 0) is 4.79 Å². The van der Waals surface area contributed by atoms with Gasteiger partial charge < -0.3 is 10.8 Å². The first-order chi connectivity index (χ1) is 4.09. The molecule has 0 saturated carbocycles. The molecule has 48 valence electrons. The van der Waals surface area contributed by atoms with Crippen molar-refractivity contribution in [3.8, 4) is 6.07 Å². The topological polar surface area (TPSA) is 87.1 Å². The lowest BCUT2D eigenvalue weighted by atomic mass is 10.2. The van der Waals surface area contributed by atoms with Crippen molar-refractivity contribution >= 4 is 5.97 Å². The van der Waals surface area contributed by atoms with Crippen molar-refractivity contribution in [2.45, 2.75) is 6.92 Å². The molecule has 0 unspecified atom stereocenters. The maximum atomic E-state index is 10.0. The van der Waals surface area contributed by atoms with E-state index in [4.69, 9.17) is 16.1 Å². The van der Waals surface area contributed by atoms with E-state index >= 15 is 0 Å². The minimum atomic E-state index is -1.28. The number of rotatable bonds is 1. The van der Waals surface area contributed by atoms with Crippen LogP contribution in [0.5, 0.6) is 0 Å². The summed E-state index contributed by atoms with van der Waals surface area (Å²) in [5.41, 5.74) is 4.66. The average Bonchev–Trinajstić information content (AvgIpc) is 1.64. The van der Waals surface area contributed by atoms with Crippen LogP contribution >= 0.6 is 0 Å². The van der Waals surface area contributed by atoms with Gasteiger partial charge in [-0.15, -0.1) is 0 Å². The van der Waals surface area contributed by atoms with Gasteiger partial charge in [-0.05, 0) is 6.92 Å². The van der Waals surface area contributed by atoms with Gasteiger partial charge in [-0.25, -0.2) is 4.79 Å². The zero-order valence-corrected chi connectivity index (χ0v) is 4.88. The summed E-state index contributed by atoms with van der Waals surface area (Å²) < 4.78 is 0. The molecule has 0 spiro atoms. The van der Waals surface area contributed by atoms with Crippen LogP contribution in [0, 0.1) is 11.3 Å². The number of hydrogen-bond donors (Lipinski definition) is 2. The van der Waals surface area contributed by atoms with E-state index in [0.29, 0.717) is 0 Å². The molecular weight excluding hydrogens is 120 g/mol. The molecule has 0 heterocycles. The lowest BCUT2D eigenvalue weighted by Gasteiger charge is -1.90. The van der Waals surface area contributed by atoms with E-state index in [1.165, 1.54) is 13.0 Å². The first-order valence-electron chi connectivity index (χ1n) is 2.19. The van der Waals surface area contributed by atoms with Gasteiger partial charge in [0.25, 0.3) is 0 Å². The van der Waals surface area contributed by atoms with Crippen LogP contribution in [-0.4, -0.2) is 11.1 Å². The van der Waals surface area contributed by atoms with Gasteiger partial charge in [0.1, 0.15) is 6.07 Å². The second-order valence-corrected chi connectivity index (χ2v) is 1.47. The van der Waals surface area contributed by atoms with E-state index in [0.717, 1.165) is 0 Å². The molecule has 0 amide bonds. The molecule has 0 aromatic carbocycles. The van der Waals surface area contributed by atoms with Crippen molar-refractivity contribution in [1.82, 2.24) is 0 Å². The van der Waals surface area contributed by atoms with Crippen LogP contribution in [0.3, 0.4) is 0 Å². The summed E-state index contributed by atoms with van der Waals surface area (Å²) in [6.45, 7) is 1.37. The van der Waals surface area contributed by atoms with E-state index in [1.54, 1.807) is 0 Å². The Labute approximate surface area is 52.2 Å². The molecule has 3 N–H and O–H groups in total. The molecule has 9 heavy (non-hydrogen) atoms. The van der Waals surface area contributed by atoms with Gasteiger partial charge >= 0.3 is 5.97 Å². The Hall–Kier alpha value is -1.50. The van der Waals surface area contributed by atoms with Crippen LogP contribution < -0.4 is 5.73 Å². The number of aliphatic carboxylic acids is 1. The SMILES string of the molecule is CC(N)=C(C#N)C(=O)O. The largest absolute Gasteiger partial charge is 0.477 e. The number of nitrogens with two attached hydrogens (primary N) is 1. The van der Waals surface area contributed by atoms with Gasteiger partial charge in [-0.1, -0.05) is 0 Å². The molecule has 4 heteroatoms. The third-order valence-electron chi connectivity index (χ3n) is 0.720. The minimum absolute atomic E-state index is 0.0324. The lowest BCUT2D eigenvalue weighted by molar-refractivity contribution is -0.132. The van der Waals surface area contributed by atoms with Crippen LogP contribution in [0.25, 0.3) is 0 Å². The van der Waals surface area contributed by atoms with Crippen molar-refractivity contribution in [1.29, 1.82) is 5.26 Å². The third-order valence-corrected chi connectivity index (χ3v) is 0.720. The number of carboxylic acids is 1. The average molecular weight is 126 g/mol. The summed E-state index contributed by atoms with van der Waals surface area (Å²) in [4.78, 5) is 10.0. The van der Waals surface area contributed by atoms with Gasteiger partial charge in [0.05, 0.1) is 0 Å². The van der Waals surface area contributed by atoms with Gasteiger partial charge in [0.15, 0.2) is 5.57 Å². The molecule has 0 bridgehead atoms. The van der Waals surface area contributed by atoms with E-state index in [-0.39, 0.29) is 5.70 Å². The number of nitrogens with zero attached hydrogens (tertiary/aromatic N) is 1. The van der Waals surface area contributed by atoms with Crippen LogP contribution in [0.1, 0.15) is 6.92 Å². The second-order valence-electron chi connectivity index (χ2n) is 1.47. The molecule has 0 aromatic heterocycles. The maximum absolute atomic E-state index is 10.0. The number of hydrogen-bond acceptors (Lipinski definition) is 3. The predicted octanol–water partition coefficient (Wildman–Crippen LogP) is -0.173. The molecule has 0 saturated heterocycles. The first-order valence-corrected chi connectivity index (χ1v) is 2.19. The van der Waals surface area contributed by atoms with Crippen LogP contribution in [0.15, 0.2) is 11.3 Å². The molecule has 0 rings (SSSR count). The second kappa shape index (κ2) is 2.72. The van der Waals surface area contributed by atoms with E-state index < -0.39 is 11.5 Å². The Morgan fingerprint density at radius 3 is 2.22 bits per heavy atom. The first kappa shape index (κ1) is 7.50. The Morgan fingerprint density at radius 2 is 2.22 bits per heavy atom. The molecular formula is C5H6N2O2. The molecule has 4 nitrogen and oxygen atoms in total. The smallest absolute Gasteiger partial charge is 0.348 e. The molecule has 0 atom stereocenters. The van der Waals surface area contributed by atoms with Gasteiger partial charge in [-0.2, -0.15) is 5.26 Å². The highest BCUT2D eigenvalue weighted by Gasteiger charge is 2.06. The normalized spacial score (nSPS) is 11.6. The zero-order chi connectivity index (χ0) is 7.44. The Kier molecular flexibility index (Phi) is 2.27. The Morgan fingerprint density at radius 1 is 1.78 bits per heavy atom. The monoisotopic (exact) mass is 126 g/mol. The van der Waals surface area contributed by atoms with Crippen molar-refractivity contribution in [3.05, 3.63) is 11.3 Å². The van der Waals surface area contributed by atoms with Crippen LogP contribution in [0.2, 0.25) is 0 Å². The lowest BCUT2D eigenvalue weighted by Crippen LogP contribution is -2.05. The van der Waals surface area contributed by atoms with Crippen molar-refractivity contribution in [2.75, 3.05) is 0 Å². The van der Waals surface area contributed by atoms with Crippen molar-refractivity contribution < 1.29 is 9.90 Å². The number of allylic oxidation sites excluding steroid dienone is 1. The molecule has 0 aliphatic heterocycles. The molecule has 0 fully saturated rings. The number of nitriles is 1. The summed E-state index contributed by atoms with van der Waals surface area (Å²) >= 11 is 0. The number of carbonyl (C=O) groups is 1. The fraction of sp³-hybridized carbons (Fsp3) is 0.200. The Balaban J connectivity index is 4.62. The van der Waals surface area contributed by atoms with Crippen LogP contribution in [0.4, 0.5) is 0 Å². The van der Waals surface area contributed by atoms with Crippen molar-refractivity contribution in [3.63, 3.8) is 0 Å². The number of carboxylic acid groups (broad SMARTS) is 1. The highest BCUT2D eigenvalue weighted by Crippen LogP contribution is 1.94. The molecule has 0 radical (unpaired) electrons. The summed E-state index contributed by atoms with van der Waals surface area (Å²) in [6.07, 6.45) is 0. The quantitative estimate of drug-likeness (QED) is 0.377. The predicted molar refractivity (Wildman–Crippen MR) is 30.1 cm³/mol. The highest BCUT2D eigenvalue weighted by molar-refractivity contribution is 5.91. The molecule has 0 aromatic rings. The minimum Gasteiger partial charge on any atom is -0.477 e. The molecule has 0 aliphatic carbocycles. The summed E-state index contributed by atoms with van der Waals surface area (Å²) in [5, 5.41) is 16.3. The summed E-state index contributed by atoms with van der Waals surface area (Å²) in [5.74, 6) is -1.28. The van der Waals surface area contributed by atoms with Gasteiger partial charge in [0, 0.05) is 5.70 Å². The molecule has 0 aliphatic rings. The van der Waals surface area contributed by atoms with E-state index in [9.17, 15) is 4.79 Å². The standard InChI is InChI=1S/C5H6N2O2/c1-3(7)4(2-6)5(8)9/h7H2,1H3,(H,8,9). The maximum Gasteiger partial charge on any atom is 0.348 e. The zero-order valence-electron chi connectivity index (χ0n) is 4.88. The fourth-order valence-electron chi connectivity index (χ4n) is 0.305. The Bertz CT molecular complexity index is 195. The van der Waals surface area contributed by atoms with E-state index in [1.807, 2.05) is 0 Å².